The molecule has 1 N–H and O–H groups in total. The number of hydrogen-bond donors (Lipinski definition) is 1. The molecular weight excluding hydrogens is 338 g/mol. The standard InChI is InChI=1S/C23H27NO3/c1-17(23(26)24-15-14-18-8-3-2-4-9-18)27-22(25)16-20-12-7-11-19-10-5-6-13-21(19)20/h5-8,10-13,17H,2-4,9,14-16H2,1H3,(H,24,26)/t17-/m0/s1. The molecule has 0 spiro atoms. The molecule has 4 heteroatoms. The van der Waals surface area contributed by atoms with Crippen LogP contribution in [0.2, 0.25) is 0 Å². The normalized spacial score (nSPS) is 15.1. The van der Waals surface area contributed by atoms with Crippen LogP contribution in [-0.4, -0.2) is 24.5 Å². The molecular formula is C23H27NO3. The number of allylic oxidation sites excluding steroid dienone is 1. The first-order chi connectivity index (χ1) is 13.1. The van der Waals surface area contributed by atoms with Crippen molar-refractivity contribution in [3.63, 3.8) is 0 Å². The zero-order valence-corrected chi connectivity index (χ0v) is 15.9. The largest absolute Gasteiger partial charge is 0.452 e. The molecule has 3 rings (SSSR count). The number of nitrogens with one attached hydrogen (secondary N) is 1. The average molecular weight is 365 g/mol. The van der Waals surface area contributed by atoms with Crippen LogP contribution in [0.25, 0.3) is 10.8 Å². The fourth-order valence-electron chi connectivity index (χ4n) is 3.52. The number of hydrogen-bond acceptors (Lipinski definition) is 3. The maximum Gasteiger partial charge on any atom is 0.311 e. The van der Waals surface area contributed by atoms with Crippen LogP contribution in [0.15, 0.2) is 54.1 Å². The van der Waals surface area contributed by atoms with Crippen LogP contribution in [0, 0.1) is 0 Å². The molecule has 0 bridgehead atoms. The van der Waals surface area contributed by atoms with Crippen molar-refractivity contribution in [2.45, 2.75) is 51.6 Å². The second-order valence-corrected chi connectivity index (χ2v) is 7.10. The number of carbonyl (C=O) groups excluding carboxylic acids is 2. The highest BCUT2D eigenvalue weighted by molar-refractivity contribution is 5.90. The summed E-state index contributed by atoms with van der Waals surface area (Å²) in [4.78, 5) is 24.5. The van der Waals surface area contributed by atoms with E-state index in [-0.39, 0.29) is 18.3 Å². The van der Waals surface area contributed by atoms with Gasteiger partial charge in [0.15, 0.2) is 6.10 Å². The molecule has 2 aromatic carbocycles. The lowest BCUT2D eigenvalue weighted by Crippen LogP contribution is -2.36. The highest BCUT2D eigenvalue weighted by Gasteiger charge is 2.18. The van der Waals surface area contributed by atoms with Gasteiger partial charge in [-0.25, -0.2) is 0 Å². The summed E-state index contributed by atoms with van der Waals surface area (Å²) in [6.45, 7) is 2.21. The first-order valence-corrected chi connectivity index (χ1v) is 9.75. The predicted octanol–water partition coefficient (Wildman–Crippen LogP) is 4.32. The van der Waals surface area contributed by atoms with E-state index in [9.17, 15) is 9.59 Å². The van der Waals surface area contributed by atoms with Crippen molar-refractivity contribution in [3.8, 4) is 0 Å². The molecule has 1 aliphatic carbocycles. The smallest absolute Gasteiger partial charge is 0.311 e. The Hall–Kier alpha value is -2.62. The Kier molecular flexibility index (Phi) is 6.64. The number of rotatable bonds is 7. The molecule has 0 saturated heterocycles. The van der Waals surface area contributed by atoms with E-state index in [1.54, 1.807) is 6.92 Å². The van der Waals surface area contributed by atoms with Crippen LogP contribution in [-0.2, 0) is 20.7 Å². The van der Waals surface area contributed by atoms with Gasteiger partial charge in [0.2, 0.25) is 0 Å². The van der Waals surface area contributed by atoms with E-state index in [0.29, 0.717) is 6.54 Å². The van der Waals surface area contributed by atoms with Gasteiger partial charge in [0.1, 0.15) is 0 Å². The van der Waals surface area contributed by atoms with Crippen molar-refractivity contribution in [1.82, 2.24) is 5.32 Å². The van der Waals surface area contributed by atoms with Gasteiger partial charge in [0.05, 0.1) is 6.42 Å². The average Bonchev–Trinajstić information content (AvgIpc) is 2.69. The Balaban J connectivity index is 1.48. The Morgan fingerprint density at radius 1 is 1.11 bits per heavy atom. The fraction of sp³-hybridized carbons (Fsp3) is 0.391. The molecule has 0 aromatic heterocycles. The van der Waals surface area contributed by atoms with E-state index < -0.39 is 6.10 Å². The SMILES string of the molecule is C[C@H](OC(=O)Cc1cccc2ccccc12)C(=O)NCCC1=CCCCC1. The van der Waals surface area contributed by atoms with Crippen LogP contribution >= 0.6 is 0 Å². The summed E-state index contributed by atoms with van der Waals surface area (Å²) in [5, 5.41) is 5.00. The maximum absolute atomic E-state index is 12.3. The highest BCUT2D eigenvalue weighted by Crippen LogP contribution is 2.20. The second kappa shape index (κ2) is 9.36. The van der Waals surface area contributed by atoms with E-state index in [2.05, 4.69) is 11.4 Å². The van der Waals surface area contributed by atoms with Gasteiger partial charge in [-0.1, -0.05) is 54.1 Å². The molecule has 0 radical (unpaired) electrons. The predicted molar refractivity (Wildman–Crippen MR) is 107 cm³/mol. The Morgan fingerprint density at radius 3 is 2.74 bits per heavy atom. The van der Waals surface area contributed by atoms with Gasteiger partial charge in [-0.3, -0.25) is 9.59 Å². The van der Waals surface area contributed by atoms with Crippen LogP contribution in [0.5, 0.6) is 0 Å². The zero-order valence-electron chi connectivity index (χ0n) is 15.9. The molecule has 0 fully saturated rings. The molecule has 1 amide bonds. The van der Waals surface area contributed by atoms with Crippen LogP contribution in [0.3, 0.4) is 0 Å². The molecule has 1 aliphatic rings. The molecule has 142 valence electrons. The lowest BCUT2D eigenvalue weighted by molar-refractivity contribution is -0.154. The van der Waals surface area contributed by atoms with E-state index in [1.807, 2.05) is 42.5 Å². The van der Waals surface area contributed by atoms with Crippen LogP contribution < -0.4 is 5.32 Å². The van der Waals surface area contributed by atoms with Gasteiger partial charge in [0.25, 0.3) is 5.91 Å². The van der Waals surface area contributed by atoms with Gasteiger partial charge < -0.3 is 10.1 Å². The minimum atomic E-state index is -0.784. The number of ether oxygens (including phenoxy) is 1. The third kappa shape index (κ3) is 5.43. The first kappa shape index (κ1) is 19.2. The lowest BCUT2D eigenvalue weighted by atomic mass is 9.97. The summed E-state index contributed by atoms with van der Waals surface area (Å²) in [7, 11) is 0. The second-order valence-electron chi connectivity index (χ2n) is 7.10. The molecule has 0 heterocycles. The highest BCUT2D eigenvalue weighted by atomic mass is 16.5. The minimum Gasteiger partial charge on any atom is -0.452 e. The third-order valence-corrected chi connectivity index (χ3v) is 5.02. The van der Waals surface area contributed by atoms with Crippen LogP contribution in [0.4, 0.5) is 0 Å². The molecule has 27 heavy (non-hydrogen) atoms. The first-order valence-electron chi connectivity index (χ1n) is 9.75. The number of fused-ring (bicyclic) bond motifs is 1. The van der Waals surface area contributed by atoms with Gasteiger partial charge in [-0.2, -0.15) is 0 Å². The van der Waals surface area contributed by atoms with Crippen molar-refractivity contribution >= 4 is 22.6 Å². The number of esters is 1. The van der Waals surface area contributed by atoms with Crippen LogP contribution in [0.1, 0.15) is 44.6 Å². The van der Waals surface area contributed by atoms with Crippen molar-refractivity contribution in [2.24, 2.45) is 0 Å². The zero-order chi connectivity index (χ0) is 19.1. The number of amides is 1. The van der Waals surface area contributed by atoms with Crippen molar-refractivity contribution in [1.29, 1.82) is 0 Å². The Morgan fingerprint density at radius 2 is 1.93 bits per heavy atom. The van der Waals surface area contributed by atoms with Gasteiger partial charge in [-0.15, -0.1) is 0 Å². The Bertz CT molecular complexity index is 835. The maximum atomic E-state index is 12.3. The van der Waals surface area contributed by atoms with Gasteiger partial charge in [0, 0.05) is 6.54 Å². The summed E-state index contributed by atoms with van der Waals surface area (Å²) in [6, 6.07) is 13.8. The molecule has 4 nitrogen and oxygen atoms in total. The lowest BCUT2D eigenvalue weighted by Gasteiger charge is -2.16. The summed E-state index contributed by atoms with van der Waals surface area (Å²) in [6.07, 6.45) is 7.31. The molecule has 0 saturated carbocycles. The molecule has 0 unspecified atom stereocenters. The van der Waals surface area contributed by atoms with Crippen molar-refractivity contribution in [3.05, 3.63) is 59.7 Å². The summed E-state index contributed by atoms with van der Waals surface area (Å²) in [5.74, 6) is -0.623. The summed E-state index contributed by atoms with van der Waals surface area (Å²) < 4.78 is 5.34. The van der Waals surface area contributed by atoms with E-state index in [1.165, 1.54) is 18.4 Å². The number of carbonyl (C=O) groups is 2. The summed E-state index contributed by atoms with van der Waals surface area (Å²) in [5.41, 5.74) is 2.33. The number of benzene rings is 2. The van der Waals surface area contributed by atoms with Crippen molar-refractivity contribution in [2.75, 3.05) is 6.54 Å². The van der Waals surface area contributed by atoms with E-state index in [0.717, 1.165) is 35.6 Å². The van der Waals surface area contributed by atoms with E-state index >= 15 is 0 Å². The summed E-state index contributed by atoms with van der Waals surface area (Å²) >= 11 is 0. The topological polar surface area (TPSA) is 55.4 Å². The minimum absolute atomic E-state index is 0.159. The molecule has 1 atom stereocenters. The third-order valence-electron chi connectivity index (χ3n) is 5.02. The Labute approximate surface area is 160 Å². The quantitative estimate of drug-likeness (QED) is 0.587. The van der Waals surface area contributed by atoms with Gasteiger partial charge >= 0.3 is 5.97 Å². The van der Waals surface area contributed by atoms with E-state index in [4.69, 9.17) is 4.74 Å². The van der Waals surface area contributed by atoms with Crippen molar-refractivity contribution < 1.29 is 14.3 Å². The molecule has 0 aliphatic heterocycles. The monoisotopic (exact) mass is 365 g/mol. The van der Waals surface area contributed by atoms with Gasteiger partial charge in [-0.05, 0) is 55.4 Å². The fourth-order valence-corrected chi connectivity index (χ4v) is 3.52. The molecule has 2 aromatic rings.